The maximum Gasteiger partial charge on any atom is 0.283 e. The molecule has 3 aromatic heterocycles. The van der Waals surface area contributed by atoms with Crippen molar-refractivity contribution < 1.29 is 27.7 Å². The number of aryl methyl sites for hydroxylation is 1. The first-order valence-electron chi connectivity index (χ1n) is 9.96. The molecule has 0 radical (unpaired) electrons. The van der Waals surface area contributed by atoms with Crippen LogP contribution in [0.1, 0.15) is 18.2 Å². The Balaban J connectivity index is 1.70. The summed E-state index contributed by atoms with van der Waals surface area (Å²) in [5, 5.41) is 8.49. The molecule has 174 valence electrons. The van der Waals surface area contributed by atoms with E-state index in [1.807, 2.05) is 6.92 Å². The molecule has 1 aromatic carbocycles. The summed E-state index contributed by atoms with van der Waals surface area (Å²) in [4.78, 5) is 4.57. The monoisotopic (exact) mass is 475 g/mol. The van der Waals surface area contributed by atoms with Gasteiger partial charge in [-0.15, -0.1) is 0 Å². The number of hydrogen-bond donors (Lipinski definition) is 1. The minimum absolute atomic E-state index is 0.112. The average molecular weight is 476 g/mol. The molecule has 12 heteroatoms. The minimum Gasteiger partial charge on any atom is -0.588 e. The van der Waals surface area contributed by atoms with Gasteiger partial charge in [0.15, 0.2) is 11.3 Å². The van der Waals surface area contributed by atoms with Crippen LogP contribution in [0.3, 0.4) is 0 Å². The first kappa shape index (κ1) is 22.7. The third-order valence-corrected chi connectivity index (χ3v) is 5.95. The Bertz CT molecular complexity index is 1210. The van der Waals surface area contributed by atoms with E-state index in [2.05, 4.69) is 20.0 Å². The zero-order valence-corrected chi connectivity index (χ0v) is 19.0. The third kappa shape index (κ3) is 4.66. The van der Waals surface area contributed by atoms with Crippen LogP contribution in [0.25, 0.3) is 11.0 Å². The summed E-state index contributed by atoms with van der Waals surface area (Å²) in [5.74, 6) is 0.808. The lowest BCUT2D eigenvalue weighted by atomic mass is 10.1. The highest BCUT2D eigenvalue weighted by atomic mass is 32.2. The molecule has 0 spiro atoms. The maximum absolute atomic E-state index is 13.3. The SMILES string of the molecule is CCc1cc(OC)c([S+]([O-])Nc2noc3cc(Cn4cccn4)cc(OCF)c23)c(OC)n1. The number of pyridine rings is 1. The number of nitrogens with zero attached hydrogens (tertiary/aromatic N) is 4. The Morgan fingerprint density at radius 1 is 1.21 bits per heavy atom. The first-order chi connectivity index (χ1) is 16.1. The van der Waals surface area contributed by atoms with E-state index in [1.165, 1.54) is 14.2 Å². The number of halogens is 1. The Hall–Kier alpha value is -3.51. The molecule has 1 unspecified atom stereocenters. The molecule has 4 aromatic rings. The fourth-order valence-electron chi connectivity index (χ4n) is 3.32. The van der Waals surface area contributed by atoms with Gasteiger partial charge in [0.25, 0.3) is 10.8 Å². The van der Waals surface area contributed by atoms with E-state index in [-0.39, 0.29) is 22.3 Å². The zero-order chi connectivity index (χ0) is 23.4. The van der Waals surface area contributed by atoms with Crippen LogP contribution in [0.4, 0.5) is 10.2 Å². The molecular weight excluding hydrogens is 453 g/mol. The van der Waals surface area contributed by atoms with Gasteiger partial charge in [-0.1, -0.05) is 12.1 Å². The number of rotatable bonds is 10. The van der Waals surface area contributed by atoms with E-state index >= 15 is 0 Å². The zero-order valence-electron chi connectivity index (χ0n) is 18.2. The lowest BCUT2D eigenvalue weighted by molar-refractivity contribution is 0.194. The van der Waals surface area contributed by atoms with Crippen molar-refractivity contribution in [2.24, 2.45) is 0 Å². The van der Waals surface area contributed by atoms with Crippen LogP contribution >= 0.6 is 0 Å². The molecule has 0 saturated carbocycles. The van der Waals surface area contributed by atoms with Crippen molar-refractivity contribution in [3.8, 4) is 17.4 Å². The van der Waals surface area contributed by atoms with Gasteiger partial charge >= 0.3 is 0 Å². The standard InChI is InChI=1S/C21H22FN5O5S/c1-4-14-10-17(29-2)19(21(24-14)30-3)33(28)26-20-18-15(31-12-22)8-13(9-16(18)32-25-20)11-27-7-5-6-23-27/h5-10H,4,11-12H2,1-3H3,(H,25,26). The van der Waals surface area contributed by atoms with E-state index < -0.39 is 18.2 Å². The number of methoxy groups -OCH3 is 2. The molecule has 0 aliphatic carbocycles. The molecule has 1 atom stereocenters. The molecule has 0 amide bonds. The Morgan fingerprint density at radius 3 is 2.73 bits per heavy atom. The number of ether oxygens (including phenoxy) is 3. The predicted molar refractivity (Wildman–Crippen MR) is 119 cm³/mol. The predicted octanol–water partition coefficient (Wildman–Crippen LogP) is 3.49. The van der Waals surface area contributed by atoms with Crippen LogP contribution in [0.5, 0.6) is 17.4 Å². The molecule has 0 saturated heterocycles. The van der Waals surface area contributed by atoms with Gasteiger partial charge in [-0.25, -0.2) is 9.37 Å². The fourth-order valence-corrected chi connectivity index (χ4v) is 4.35. The Morgan fingerprint density at radius 2 is 2.06 bits per heavy atom. The van der Waals surface area contributed by atoms with Gasteiger partial charge in [-0.05, 0) is 30.2 Å². The quantitative estimate of drug-likeness (QED) is 0.344. The van der Waals surface area contributed by atoms with E-state index in [1.54, 1.807) is 41.3 Å². The van der Waals surface area contributed by atoms with Crippen LogP contribution in [0, 0.1) is 0 Å². The summed E-state index contributed by atoms with van der Waals surface area (Å²) in [7, 11) is 2.90. The Labute approximate surface area is 191 Å². The lowest BCUT2D eigenvalue weighted by Gasteiger charge is -2.16. The van der Waals surface area contributed by atoms with Crippen molar-refractivity contribution >= 4 is 28.1 Å². The number of fused-ring (bicyclic) bond motifs is 1. The van der Waals surface area contributed by atoms with Crippen molar-refractivity contribution in [2.45, 2.75) is 24.8 Å². The van der Waals surface area contributed by atoms with E-state index in [0.29, 0.717) is 29.7 Å². The van der Waals surface area contributed by atoms with E-state index in [9.17, 15) is 8.94 Å². The highest BCUT2D eigenvalue weighted by Crippen LogP contribution is 2.38. The molecule has 0 aliphatic rings. The summed E-state index contributed by atoms with van der Waals surface area (Å²) in [5.41, 5.74) is 1.82. The summed E-state index contributed by atoms with van der Waals surface area (Å²) in [6.07, 6.45) is 4.11. The summed E-state index contributed by atoms with van der Waals surface area (Å²) >= 11 is -1.89. The highest BCUT2D eigenvalue weighted by Gasteiger charge is 2.29. The van der Waals surface area contributed by atoms with Crippen LogP contribution in [0.2, 0.25) is 0 Å². The second kappa shape index (κ2) is 9.96. The van der Waals surface area contributed by atoms with Gasteiger partial charge in [-0.3, -0.25) is 4.68 Å². The van der Waals surface area contributed by atoms with Gasteiger partial charge in [0.1, 0.15) is 22.5 Å². The van der Waals surface area contributed by atoms with Crippen molar-refractivity contribution in [2.75, 3.05) is 25.8 Å². The van der Waals surface area contributed by atoms with Crippen molar-refractivity contribution in [3.63, 3.8) is 0 Å². The normalized spacial score (nSPS) is 12.0. The average Bonchev–Trinajstić information content (AvgIpc) is 3.48. The number of anilines is 1. The van der Waals surface area contributed by atoms with Crippen molar-refractivity contribution in [1.29, 1.82) is 0 Å². The minimum atomic E-state index is -1.89. The largest absolute Gasteiger partial charge is 0.588 e. The van der Waals surface area contributed by atoms with Crippen LogP contribution < -0.4 is 18.9 Å². The number of nitrogens with one attached hydrogen (secondary N) is 1. The van der Waals surface area contributed by atoms with Gasteiger partial charge < -0.3 is 23.3 Å². The van der Waals surface area contributed by atoms with E-state index in [0.717, 1.165) is 11.3 Å². The maximum atomic E-state index is 13.3. The number of alkyl halides is 1. The highest BCUT2D eigenvalue weighted by molar-refractivity contribution is 7.93. The molecule has 0 aliphatic heterocycles. The van der Waals surface area contributed by atoms with Gasteiger partial charge in [-0.2, -0.15) is 9.82 Å². The molecule has 4 rings (SSSR count). The van der Waals surface area contributed by atoms with Gasteiger partial charge in [0.2, 0.25) is 12.7 Å². The number of hydrogen-bond acceptors (Lipinski definition) is 9. The first-order valence-corrected chi connectivity index (χ1v) is 11.1. The van der Waals surface area contributed by atoms with Crippen LogP contribution in [-0.4, -0.2) is 45.6 Å². The molecule has 33 heavy (non-hydrogen) atoms. The second-order valence-corrected chi connectivity index (χ2v) is 7.98. The van der Waals surface area contributed by atoms with E-state index in [4.69, 9.17) is 18.7 Å². The number of benzene rings is 1. The molecule has 3 heterocycles. The molecule has 10 nitrogen and oxygen atoms in total. The molecule has 1 N–H and O–H groups in total. The van der Waals surface area contributed by atoms with Crippen molar-refractivity contribution in [3.05, 3.63) is 47.9 Å². The lowest BCUT2D eigenvalue weighted by Crippen LogP contribution is -2.17. The van der Waals surface area contributed by atoms with Gasteiger partial charge in [0, 0.05) is 24.2 Å². The van der Waals surface area contributed by atoms with Crippen LogP contribution in [0.15, 0.2) is 46.1 Å². The van der Waals surface area contributed by atoms with Crippen LogP contribution in [-0.2, 0) is 24.3 Å². The van der Waals surface area contributed by atoms with Gasteiger partial charge in [0.05, 0.1) is 20.8 Å². The summed E-state index contributed by atoms with van der Waals surface area (Å²) < 4.78 is 52.2. The smallest absolute Gasteiger partial charge is 0.283 e. The van der Waals surface area contributed by atoms with Crippen molar-refractivity contribution in [1.82, 2.24) is 19.9 Å². The molecular formula is C21H22FN5O5S. The third-order valence-electron chi connectivity index (χ3n) is 4.82. The second-order valence-electron chi connectivity index (χ2n) is 6.83. The topological polar surface area (TPSA) is 120 Å². The molecule has 0 fully saturated rings. The summed E-state index contributed by atoms with van der Waals surface area (Å²) in [6.45, 7) is 1.30. The number of aromatic nitrogens is 4. The summed E-state index contributed by atoms with van der Waals surface area (Å²) in [6, 6.07) is 6.89. The molecule has 0 bridgehead atoms. The fraction of sp³-hybridized carbons (Fsp3) is 0.286. The Kier molecular flexibility index (Phi) is 6.84.